The van der Waals surface area contributed by atoms with Crippen molar-refractivity contribution in [1.29, 1.82) is 0 Å². The summed E-state index contributed by atoms with van der Waals surface area (Å²) in [6.07, 6.45) is 2.97. The molecule has 3 amide bonds. The van der Waals surface area contributed by atoms with Gasteiger partial charge < -0.3 is 10.6 Å². The number of amides is 3. The van der Waals surface area contributed by atoms with E-state index >= 15 is 0 Å². The number of nitrogen functional groups attached to an aromatic ring is 1. The van der Waals surface area contributed by atoms with E-state index in [-0.39, 0.29) is 22.9 Å². The first kappa shape index (κ1) is 17.0. The Morgan fingerprint density at radius 3 is 2.44 bits per heavy atom. The fourth-order valence-electron chi connectivity index (χ4n) is 3.64. The van der Waals surface area contributed by atoms with E-state index in [1.165, 1.54) is 0 Å². The van der Waals surface area contributed by atoms with Gasteiger partial charge in [-0.05, 0) is 31.4 Å². The minimum atomic E-state index is -0.652. The van der Waals surface area contributed by atoms with E-state index in [1.807, 2.05) is 0 Å². The largest absolute Gasteiger partial charge is 0.384 e. The Balaban J connectivity index is 1.88. The van der Waals surface area contributed by atoms with Crippen LogP contribution in [0.1, 0.15) is 50.3 Å². The quantitative estimate of drug-likeness (QED) is 0.768. The molecule has 138 valence electrons. The molecule has 1 saturated heterocycles. The van der Waals surface area contributed by atoms with Crippen molar-refractivity contribution < 1.29 is 14.4 Å². The third kappa shape index (κ3) is 2.69. The van der Waals surface area contributed by atoms with E-state index in [9.17, 15) is 19.2 Å². The molecule has 3 heterocycles. The number of fused-ring (bicyclic) bond motifs is 1. The maximum absolute atomic E-state index is 13.0. The van der Waals surface area contributed by atoms with Gasteiger partial charge in [0.1, 0.15) is 5.82 Å². The zero-order chi connectivity index (χ0) is 19.1. The van der Waals surface area contributed by atoms with Crippen molar-refractivity contribution >= 4 is 23.5 Å². The molecule has 0 saturated carbocycles. The number of nitrogens with zero attached hydrogens (tertiary/aromatic N) is 2. The van der Waals surface area contributed by atoms with Crippen molar-refractivity contribution in [3.63, 3.8) is 0 Å². The molecule has 0 spiro atoms. The molecule has 2 aliphatic rings. The van der Waals surface area contributed by atoms with Crippen LogP contribution in [0.15, 0.2) is 35.1 Å². The maximum Gasteiger partial charge on any atom is 0.262 e. The second-order valence-corrected chi connectivity index (χ2v) is 6.65. The van der Waals surface area contributed by atoms with Crippen LogP contribution in [0.4, 0.5) is 5.82 Å². The van der Waals surface area contributed by atoms with Crippen molar-refractivity contribution in [1.82, 2.24) is 14.8 Å². The lowest BCUT2D eigenvalue weighted by Gasteiger charge is -2.27. The van der Waals surface area contributed by atoms with Gasteiger partial charge in [-0.25, -0.2) is 0 Å². The molecule has 2 aliphatic heterocycles. The highest BCUT2D eigenvalue weighted by Gasteiger charge is 2.32. The summed E-state index contributed by atoms with van der Waals surface area (Å²) in [6.45, 7) is 1.33. The highest BCUT2D eigenvalue weighted by Crippen LogP contribution is 2.25. The Kier molecular flexibility index (Phi) is 4.02. The first-order chi connectivity index (χ1) is 13.0. The summed E-state index contributed by atoms with van der Waals surface area (Å²) >= 11 is 0. The third-order valence-corrected chi connectivity index (χ3v) is 4.97. The molecule has 1 fully saturated rings. The fourth-order valence-corrected chi connectivity index (χ4v) is 3.64. The zero-order valence-electron chi connectivity index (χ0n) is 14.5. The van der Waals surface area contributed by atoms with Crippen molar-refractivity contribution in [3.05, 3.63) is 57.4 Å². The second kappa shape index (κ2) is 6.39. The van der Waals surface area contributed by atoms with Gasteiger partial charge >= 0.3 is 0 Å². The monoisotopic (exact) mass is 366 g/mol. The summed E-state index contributed by atoms with van der Waals surface area (Å²) < 4.78 is 1.12. The number of pyridine rings is 1. The van der Waals surface area contributed by atoms with E-state index in [0.29, 0.717) is 24.3 Å². The first-order valence-corrected chi connectivity index (χ1v) is 8.79. The number of nitrogens with one attached hydrogen (secondary N) is 1. The maximum atomic E-state index is 13.0. The van der Waals surface area contributed by atoms with Gasteiger partial charge in [0.25, 0.3) is 23.3 Å². The molecule has 0 radical (unpaired) electrons. The molecule has 8 nitrogen and oxygen atoms in total. The molecule has 2 aromatic rings. The lowest BCUT2D eigenvalue weighted by Crippen LogP contribution is -2.36. The average Bonchev–Trinajstić information content (AvgIpc) is 2.96. The molecule has 0 aliphatic carbocycles. The summed E-state index contributed by atoms with van der Waals surface area (Å²) in [5.41, 5.74) is 6.06. The number of hydrogen-bond donors (Lipinski definition) is 2. The van der Waals surface area contributed by atoms with Crippen LogP contribution in [0.5, 0.6) is 0 Å². The van der Waals surface area contributed by atoms with Gasteiger partial charge in [-0.2, -0.15) is 0 Å². The van der Waals surface area contributed by atoms with Gasteiger partial charge in [-0.15, -0.1) is 0 Å². The Labute approximate surface area is 154 Å². The Hall–Kier alpha value is -3.42. The zero-order valence-corrected chi connectivity index (χ0v) is 14.5. The van der Waals surface area contributed by atoms with Gasteiger partial charge in [0, 0.05) is 19.2 Å². The number of nitrogens with two attached hydrogens (primary N) is 1. The van der Waals surface area contributed by atoms with Crippen LogP contribution in [0.3, 0.4) is 0 Å². The predicted molar refractivity (Wildman–Crippen MR) is 98.0 cm³/mol. The second-order valence-electron chi connectivity index (χ2n) is 6.65. The van der Waals surface area contributed by atoms with Gasteiger partial charge in [0.15, 0.2) is 0 Å². The van der Waals surface area contributed by atoms with E-state index in [1.54, 1.807) is 29.2 Å². The summed E-state index contributed by atoms with van der Waals surface area (Å²) in [5, 5.41) is 2.13. The van der Waals surface area contributed by atoms with Crippen molar-refractivity contribution in [2.75, 3.05) is 18.8 Å². The fraction of sp³-hybridized carbons (Fsp3) is 0.263. The molecular formula is C19H18N4O4. The van der Waals surface area contributed by atoms with Gasteiger partial charge in [0.2, 0.25) is 0 Å². The third-order valence-electron chi connectivity index (χ3n) is 4.97. The number of hydrogen-bond acceptors (Lipinski definition) is 5. The number of anilines is 1. The summed E-state index contributed by atoms with van der Waals surface area (Å²) in [5.74, 6) is -1.64. The van der Waals surface area contributed by atoms with Crippen molar-refractivity contribution in [3.8, 4) is 5.69 Å². The smallest absolute Gasteiger partial charge is 0.262 e. The number of benzene rings is 1. The lowest BCUT2D eigenvalue weighted by molar-refractivity contribution is 0.0723. The molecule has 1 aromatic heterocycles. The number of carbonyl (C=O) groups is 3. The van der Waals surface area contributed by atoms with Gasteiger partial charge in [0.05, 0.1) is 22.4 Å². The normalized spacial score (nSPS) is 16.2. The highest BCUT2D eigenvalue weighted by atomic mass is 16.2. The molecule has 0 atom stereocenters. The van der Waals surface area contributed by atoms with E-state index < -0.39 is 17.4 Å². The molecule has 4 rings (SSSR count). The first-order valence-electron chi connectivity index (χ1n) is 8.79. The molecular weight excluding hydrogens is 348 g/mol. The average molecular weight is 366 g/mol. The number of imide groups is 1. The molecule has 8 heteroatoms. The standard InChI is InChI=1S/C19H18N4O4/c20-16-15-12(17(25)21-18(15)26)10-14(24)23(16)13-7-3-2-6-11(13)19(27)22-8-4-1-5-9-22/h2-3,6-7,10H,1,4-5,8-9,20H2,(H,21,25,26). The minimum absolute atomic E-state index is 0.0418. The number of para-hydroxylation sites is 1. The van der Waals surface area contributed by atoms with Gasteiger partial charge in [-0.1, -0.05) is 12.1 Å². The van der Waals surface area contributed by atoms with E-state index in [2.05, 4.69) is 5.32 Å². The molecule has 27 heavy (non-hydrogen) atoms. The predicted octanol–water partition coefficient (Wildman–Crippen LogP) is 0.929. The van der Waals surface area contributed by atoms with Crippen molar-refractivity contribution in [2.24, 2.45) is 0 Å². The van der Waals surface area contributed by atoms with Crippen LogP contribution in [0.2, 0.25) is 0 Å². The summed E-state index contributed by atoms with van der Waals surface area (Å²) in [7, 11) is 0. The molecule has 0 bridgehead atoms. The number of rotatable bonds is 2. The van der Waals surface area contributed by atoms with Crippen LogP contribution >= 0.6 is 0 Å². The van der Waals surface area contributed by atoms with E-state index in [4.69, 9.17) is 5.73 Å². The molecule has 3 N–H and O–H groups in total. The van der Waals surface area contributed by atoms with Crippen LogP contribution in [0, 0.1) is 0 Å². The number of carbonyl (C=O) groups excluding carboxylic acids is 3. The number of piperidine rings is 1. The van der Waals surface area contributed by atoms with Crippen molar-refractivity contribution in [2.45, 2.75) is 19.3 Å². The Morgan fingerprint density at radius 1 is 1.00 bits per heavy atom. The number of likely N-dealkylation sites (tertiary alicyclic amines) is 1. The number of aromatic nitrogens is 1. The van der Waals surface area contributed by atoms with Crippen LogP contribution < -0.4 is 16.6 Å². The SMILES string of the molecule is Nc1c2c(cc(=O)n1-c1ccccc1C(=O)N1CCCCC1)C(=O)NC2=O. The molecule has 1 aromatic carbocycles. The molecule has 0 unspecified atom stereocenters. The topological polar surface area (TPSA) is 114 Å². The lowest BCUT2D eigenvalue weighted by atomic mass is 10.1. The van der Waals surface area contributed by atoms with Gasteiger partial charge in [-0.3, -0.25) is 29.1 Å². The summed E-state index contributed by atoms with van der Waals surface area (Å²) in [4.78, 5) is 51.3. The Morgan fingerprint density at radius 2 is 1.70 bits per heavy atom. The van der Waals surface area contributed by atoms with Crippen LogP contribution in [-0.4, -0.2) is 40.3 Å². The highest BCUT2D eigenvalue weighted by molar-refractivity contribution is 6.23. The van der Waals surface area contributed by atoms with Crippen LogP contribution in [0.25, 0.3) is 5.69 Å². The summed E-state index contributed by atoms with van der Waals surface area (Å²) in [6, 6.07) is 7.72. The Bertz CT molecular complexity index is 1030. The van der Waals surface area contributed by atoms with E-state index in [0.717, 1.165) is 29.9 Å². The minimum Gasteiger partial charge on any atom is -0.384 e. The van der Waals surface area contributed by atoms with Crippen LogP contribution in [-0.2, 0) is 0 Å².